The normalized spacial score (nSPS) is 14.8. The number of amides is 1. The zero-order valence-corrected chi connectivity index (χ0v) is 14.7. The smallest absolute Gasteiger partial charge is 0.344 e. The molecule has 1 saturated carbocycles. The van der Waals surface area contributed by atoms with Gasteiger partial charge in [0, 0.05) is 17.0 Å². The zero-order chi connectivity index (χ0) is 18.1. The minimum Gasteiger partial charge on any atom is -0.483 e. The Balaban J connectivity index is 1.60. The van der Waals surface area contributed by atoms with Crippen LogP contribution in [-0.4, -0.2) is 18.6 Å². The number of ether oxygens (including phenoxy) is 1. The van der Waals surface area contributed by atoms with Crippen molar-refractivity contribution in [1.82, 2.24) is 5.32 Å². The van der Waals surface area contributed by atoms with E-state index in [1.807, 2.05) is 37.3 Å². The van der Waals surface area contributed by atoms with Gasteiger partial charge in [0.2, 0.25) is 0 Å². The summed E-state index contributed by atoms with van der Waals surface area (Å²) >= 11 is 0. The number of nitrogens with one attached hydrogen (secondary N) is 1. The number of benzene rings is 2. The van der Waals surface area contributed by atoms with Gasteiger partial charge in [-0.05, 0) is 43.4 Å². The van der Waals surface area contributed by atoms with Crippen LogP contribution in [-0.2, 0) is 4.79 Å². The Bertz CT molecular complexity index is 1030. The monoisotopic (exact) mass is 351 g/mol. The van der Waals surface area contributed by atoms with Gasteiger partial charge in [-0.2, -0.15) is 0 Å². The van der Waals surface area contributed by atoms with Crippen LogP contribution in [0.25, 0.3) is 21.7 Å². The molecular weight excluding hydrogens is 330 g/mol. The summed E-state index contributed by atoms with van der Waals surface area (Å²) in [5, 5.41) is 5.28. The van der Waals surface area contributed by atoms with Gasteiger partial charge in [-0.1, -0.05) is 31.0 Å². The maximum Gasteiger partial charge on any atom is 0.344 e. The van der Waals surface area contributed by atoms with Crippen LogP contribution in [0.5, 0.6) is 5.75 Å². The highest BCUT2D eigenvalue weighted by molar-refractivity contribution is 6.05. The first kappa shape index (κ1) is 16.6. The maximum atomic E-state index is 12.2. The molecule has 2 aromatic carbocycles. The molecule has 1 aliphatic carbocycles. The topological polar surface area (TPSA) is 68.5 Å². The second-order valence-electron chi connectivity index (χ2n) is 6.84. The number of fused-ring (bicyclic) bond motifs is 3. The van der Waals surface area contributed by atoms with Crippen LogP contribution in [0.2, 0.25) is 0 Å². The van der Waals surface area contributed by atoms with Crippen molar-refractivity contribution in [3.05, 3.63) is 52.4 Å². The van der Waals surface area contributed by atoms with Crippen molar-refractivity contribution < 1.29 is 13.9 Å². The predicted octanol–water partition coefficient (Wildman–Crippen LogP) is 3.69. The Labute approximate surface area is 150 Å². The molecule has 0 aliphatic heterocycles. The second kappa shape index (κ2) is 6.83. The third-order valence-electron chi connectivity index (χ3n) is 5.07. The highest BCUT2D eigenvalue weighted by atomic mass is 16.5. The van der Waals surface area contributed by atoms with Crippen molar-refractivity contribution >= 4 is 27.6 Å². The van der Waals surface area contributed by atoms with E-state index >= 15 is 0 Å². The molecule has 1 aromatic heterocycles. The van der Waals surface area contributed by atoms with Gasteiger partial charge < -0.3 is 14.5 Å². The Morgan fingerprint density at radius 3 is 2.62 bits per heavy atom. The van der Waals surface area contributed by atoms with E-state index in [0.717, 1.165) is 29.2 Å². The van der Waals surface area contributed by atoms with E-state index in [0.29, 0.717) is 16.7 Å². The molecule has 0 bridgehead atoms. The molecule has 1 amide bonds. The third kappa shape index (κ3) is 3.05. The second-order valence-corrected chi connectivity index (χ2v) is 6.84. The molecule has 1 heterocycles. The molecule has 0 unspecified atom stereocenters. The quantitative estimate of drug-likeness (QED) is 0.575. The third-order valence-corrected chi connectivity index (χ3v) is 5.07. The molecule has 4 rings (SSSR count). The van der Waals surface area contributed by atoms with E-state index in [-0.39, 0.29) is 24.2 Å². The molecule has 0 saturated heterocycles. The average molecular weight is 351 g/mol. The Morgan fingerprint density at radius 1 is 1.12 bits per heavy atom. The maximum absolute atomic E-state index is 12.2. The van der Waals surface area contributed by atoms with E-state index in [1.165, 1.54) is 12.8 Å². The average Bonchev–Trinajstić information content (AvgIpc) is 3.15. The molecule has 0 spiro atoms. The van der Waals surface area contributed by atoms with Crippen LogP contribution in [0.1, 0.15) is 31.2 Å². The SMILES string of the molecule is Cc1c(OCC(=O)NC2CCCC2)ccc2c1oc(=O)c1ccccc12. The zero-order valence-electron chi connectivity index (χ0n) is 14.7. The van der Waals surface area contributed by atoms with Gasteiger partial charge >= 0.3 is 5.63 Å². The largest absolute Gasteiger partial charge is 0.483 e. The summed E-state index contributed by atoms with van der Waals surface area (Å²) in [7, 11) is 0. The van der Waals surface area contributed by atoms with Crippen LogP contribution in [0.15, 0.2) is 45.6 Å². The molecule has 5 heteroatoms. The fraction of sp³-hybridized carbons (Fsp3) is 0.333. The number of hydrogen-bond donors (Lipinski definition) is 1. The highest BCUT2D eigenvalue weighted by Crippen LogP contribution is 2.30. The number of hydrogen-bond acceptors (Lipinski definition) is 4. The first-order valence-corrected chi connectivity index (χ1v) is 9.01. The van der Waals surface area contributed by atoms with Crippen LogP contribution < -0.4 is 15.7 Å². The van der Waals surface area contributed by atoms with Gasteiger partial charge in [0.25, 0.3) is 5.91 Å². The lowest BCUT2D eigenvalue weighted by molar-refractivity contribution is -0.123. The Kier molecular flexibility index (Phi) is 4.37. The fourth-order valence-electron chi connectivity index (χ4n) is 3.70. The highest BCUT2D eigenvalue weighted by Gasteiger charge is 2.18. The number of carbonyl (C=O) groups is 1. The van der Waals surface area contributed by atoms with E-state index in [4.69, 9.17) is 9.15 Å². The summed E-state index contributed by atoms with van der Waals surface area (Å²) in [4.78, 5) is 24.3. The van der Waals surface area contributed by atoms with E-state index < -0.39 is 0 Å². The first-order valence-electron chi connectivity index (χ1n) is 9.01. The van der Waals surface area contributed by atoms with Gasteiger partial charge in [0.15, 0.2) is 6.61 Å². The number of aryl methyl sites for hydroxylation is 1. The van der Waals surface area contributed by atoms with Gasteiger partial charge in [-0.25, -0.2) is 4.79 Å². The van der Waals surface area contributed by atoms with Crippen molar-refractivity contribution in [3.63, 3.8) is 0 Å². The summed E-state index contributed by atoms with van der Waals surface area (Å²) in [5.74, 6) is 0.439. The first-order chi connectivity index (χ1) is 12.6. The predicted molar refractivity (Wildman–Crippen MR) is 101 cm³/mol. The Hall–Kier alpha value is -2.82. The van der Waals surface area contributed by atoms with Gasteiger partial charge in [-0.3, -0.25) is 4.79 Å². The van der Waals surface area contributed by atoms with Gasteiger partial charge in [0.05, 0.1) is 5.39 Å². The minimum atomic E-state index is -0.368. The molecule has 3 aromatic rings. The van der Waals surface area contributed by atoms with Crippen molar-refractivity contribution in [2.24, 2.45) is 0 Å². The summed E-state index contributed by atoms with van der Waals surface area (Å²) in [5.41, 5.74) is 0.855. The van der Waals surface area contributed by atoms with Crippen molar-refractivity contribution in [2.75, 3.05) is 6.61 Å². The van der Waals surface area contributed by atoms with Crippen LogP contribution in [0.3, 0.4) is 0 Å². The molecule has 0 radical (unpaired) electrons. The molecule has 26 heavy (non-hydrogen) atoms. The van der Waals surface area contributed by atoms with Crippen LogP contribution >= 0.6 is 0 Å². The standard InChI is InChI=1S/C21H21NO4/c1-13-18(25-12-19(23)22-14-6-2-3-7-14)11-10-16-15-8-4-5-9-17(15)21(24)26-20(13)16/h4-5,8-11,14H,2-3,6-7,12H2,1H3,(H,22,23). The molecule has 0 atom stereocenters. The number of rotatable bonds is 4. The van der Waals surface area contributed by atoms with Crippen molar-refractivity contribution in [2.45, 2.75) is 38.6 Å². The summed E-state index contributed by atoms with van der Waals surface area (Å²) in [6, 6.07) is 11.3. The summed E-state index contributed by atoms with van der Waals surface area (Å²) < 4.78 is 11.2. The van der Waals surface area contributed by atoms with Crippen LogP contribution in [0.4, 0.5) is 0 Å². The Morgan fingerprint density at radius 2 is 1.85 bits per heavy atom. The molecule has 1 fully saturated rings. The fourth-order valence-corrected chi connectivity index (χ4v) is 3.70. The molecule has 134 valence electrons. The lowest BCUT2D eigenvalue weighted by atomic mass is 10.0. The van der Waals surface area contributed by atoms with E-state index in [9.17, 15) is 9.59 Å². The van der Waals surface area contributed by atoms with E-state index in [2.05, 4.69) is 5.32 Å². The summed E-state index contributed by atoms with van der Waals surface area (Å²) in [6.45, 7) is 1.80. The number of carbonyl (C=O) groups excluding carboxylic acids is 1. The van der Waals surface area contributed by atoms with Crippen molar-refractivity contribution in [1.29, 1.82) is 0 Å². The van der Waals surface area contributed by atoms with Crippen molar-refractivity contribution in [3.8, 4) is 5.75 Å². The van der Waals surface area contributed by atoms with Gasteiger partial charge in [-0.15, -0.1) is 0 Å². The lowest BCUT2D eigenvalue weighted by Gasteiger charge is -2.14. The molecule has 1 aliphatic rings. The lowest BCUT2D eigenvalue weighted by Crippen LogP contribution is -2.36. The summed E-state index contributed by atoms with van der Waals surface area (Å²) in [6.07, 6.45) is 4.42. The van der Waals surface area contributed by atoms with Gasteiger partial charge in [0.1, 0.15) is 11.3 Å². The van der Waals surface area contributed by atoms with E-state index in [1.54, 1.807) is 6.07 Å². The molecule has 5 nitrogen and oxygen atoms in total. The molecule has 1 N–H and O–H groups in total. The molecular formula is C21H21NO4. The van der Waals surface area contributed by atoms with Crippen LogP contribution in [0, 0.1) is 6.92 Å². The minimum absolute atomic E-state index is 0.0410.